The number of nitrogens with one attached hydrogen (secondary N) is 2. The lowest BCUT2D eigenvalue weighted by atomic mass is 10.1. The number of hydrogen-bond acceptors (Lipinski definition) is 8. The standard InChI is InChI=1S/C31H26ClN5O5/c1-39-22-10-6-7-19(15-22)35-31(38)36-24-12-11-21(16-23(24)32)37(20-8-4-3-5-9-20)30-27-25(33-18-34-30)17-26(40-2)28-29(27)42-14-13-41-28/h3-12,15-18H,13-14H2,1-2H3,(H2,35,36,38). The molecule has 42 heavy (non-hydrogen) atoms. The Morgan fingerprint density at radius 2 is 1.67 bits per heavy atom. The maximum Gasteiger partial charge on any atom is 0.323 e. The van der Waals surface area contributed by atoms with Crippen LogP contribution in [0.5, 0.6) is 23.0 Å². The molecular weight excluding hydrogens is 558 g/mol. The van der Waals surface area contributed by atoms with Crippen molar-refractivity contribution >= 4 is 57.1 Å². The van der Waals surface area contributed by atoms with Gasteiger partial charge in [-0.3, -0.25) is 4.90 Å². The van der Waals surface area contributed by atoms with Crippen LogP contribution in [0.4, 0.5) is 33.4 Å². The first-order chi connectivity index (χ1) is 20.6. The molecule has 2 heterocycles. The average molecular weight is 584 g/mol. The molecule has 0 atom stereocenters. The van der Waals surface area contributed by atoms with Crippen LogP contribution in [0, 0.1) is 0 Å². The zero-order valence-corrected chi connectivity index (χ0v) is 23.5. The number of carbonyl (C=O) groups excluding carboxylic acids is 1. The molecule has 0 saturated carbocycles. The predicted octanol–water partition coefficient (Wildman–Crippen LogP) is 7.19. The lowest BCUT2D eigenvalue weighted by molar-refractivity contribution is 0.167. The Bertz CT molecular complexity index is 1770. The predicted molar refractivity (Wildman–Crippen MR) is 162 cm³/mol. The molecule has 0 spiro atoms. The first kappa shape index (κ1) is 27.0. The average Bonchev–Trinajstić information content (AvgIpc) is 3.02. The van der Waals surface area contributed by atoms with Gasteiger partial charge in [0.1, 0.15) is 25.3 Å². The van der Waals surface area contributed by atoms with Crippen molar-refractivity contribution in [1.82, 2.24) is 9.97 Å². The van der Waals surface area contributed by atoms with Crippen LogP contribution >= 0.6 is 11.6 Å². The number of urea groups is 1. The number of ether oxygens (including phenoxy) is 4. The number of amides is 2. The highest BCUT2D eigenvalue weighted by Gasteiger charge is 2.27. The third-order valence-corrected chi connectivity index (χ3v) is 6.90. The number of halogens is 1. The van der Waals surface area contributed by atoms with Gasteiger partial charge in [-0.1, -0.05) is 35.9 Å². The minimum atomic E-state index is -0.447. The van der Waals surface area contributed by atoms with Gasteiger partial charge in [0.15, 0.2) is 17.3 Å². The van der Waals surface area contributed by atoms with Crippen molar-refractivity contribution < 1.29 is 23.7 Å². The van der Waals surface area contributed by atoms with E-state index in [4.69, 9.17) is 35.5 Å². The summed E-state index contributed by atoms with van der Waals surface area (Å²) >= 11 is 6.73. The van der Waals surface area contributed by atoms with Crippen molar-refractivity contribution in [3.8, 4) is 23.0 Å². The van der Waals surface area contributed by atoms with Gasteiger partial charge >= 0.3 is 6.03 Å². The number of hydrogen-bond donors (Lipinski definition) is 2. The van der Waals surface area contributed by atoms with Crippen molar-refractivity contribution in [3.05, 3.63) is 90.2 Å². The van der Waals surface area contributed by atoms with Crippen LogP contribution in [0.15, 0.2) is 85.2 Å². The number of benzene rings is 4. The number of carbonyl (C=O) groups is 1. The molecule has 212 valence electrons. The topological polar surface area (TPSA) is 107 Å². The van der Waals surface area contributed by atoms with E-state index in [9.17, 15) is 4.79 Å². The van der Waals surface area contributed by atoms with Gasteiger partial charge in [-0.15, -0.1) is 0 Å². The van der Waals surface area contributed by atoms with E-state index in [0.29, 0.717) is 75.0 Å². The van der Waals surface area contributed by atoms with Gasteiger partial charge in [0.25, 0.3) is 0 Å². The minimum Gasteiger partial charge on any atom is -0.497 e. The van der Waals surface area contributed by atoms with Gasteiger partial charge in [-0.2, -0.15) is 0 Å². The molecule has 0 unspecified atom stereocenters. The summed E-state index contributed by atoms with van der Waals surface area (Å²) in [5.41, 5.74) is 3.16. The first-order valence-corrected chi connectivity index (χ1v) is 13.4. The van der Waals surface area contributed by atoms with E-state index in [1.165, 1.54) is 6.33 Å². The number of aromatic nitrogens is 2. The lowest BCUT2D eigenvalue weighted by Gasteiger charge is -2.28. The molecule has 11 heteroatoms. The summed E-state index contributed by atoms with van der Waals surface area (Å²) in [5.74, 6) is 2.72. The molecule has 0 radical (unpaired) electrons. The number of para-hydroxylation sites is 1. The number of methoxy groups -OCH3 is 2. The molecule has 10 nitrogen and oxygen atoms in total. The van der Waals surface area contributed by atoms with Crippen LogP contribution in [0.2, 0.25) is 5.02 Å². The third kappa shape index (κ3) is 5.27. The Hall–Kier alpha value is -5.22. The summed E-state index contributed by atoms with van der Waals surface area (Å²) in [6.07, 6.45) is 1.49. The van der Waals surface area contributed by atoms with E-state index in [-0.39, 0.29) is 0 Å². The van der Waals surface area contributed by atoms with Crippen molar-refractivity contribution in [1.29, 1.82) is 0 Å². The summed E-state index contributed by atoms with van der Waals surface area (Å²) in [6, 6.07) is 23.5. The number of nitrogens with zero attached hydrogens (tertiary/aromatic N) is 3. The molecule has 4 aromatic carbocycles. The first-order valence-electron chi connectivity index (χ1n) is 13.0. The number of rotatable bonds is 7. The molecule has 0 bridgehead atoms. The van der Waals surface area contributed by atoms with Crippen LogP contribution in [-0.4, -0.2) is 43.4 Å². The summed E-state index contributed by atoms with van der Waals surface area (Å²) in [7, 11) is 3.14. The maximum absolute atomic E-state index is 12.7. The second-order valence-corrected chi connectivity index (χ2v) is 9.58. The summed E-state index contributed by atoms with van der Waals surface area (Å²) in [5, 5.41) is 6.59. The molecule has 0 saturated heterocycles. The largest absolute Gasteiger partial charge is 0.497 e. The molecule has 0 fully saturated rings. The zero-order chi connectivity index (χ0) is 29.1. The van der Waals surface area contributed by atoms with Crippen LogP contribution in [0.25, 0.3) is 10.9 Å². The van der Waals surface area contributed by atoms with Crippen molar-refractivity contribution in [2.24, 2.45) is 0 Å². The highest BCUT2D eigenvalue weighted by atomic mass is 35.5. The van der Waals surface area contributed by atoms with E-state index in [0.717, 1.165) is 5.69 Å². The second kappa shape index (κ2) is 11.7. The monoisotopic (exact) mass is 583 g/mol. The van der Waals surface area contributed by atoms with Gasteiger partial charge < -0.3 is 29.6 Å². The van der Waals surface area contributed by atoms with Gasteiger partial charge in [0, 0.05) is 29.2 Å². The number of fused-ring (bicyclic) bond motifs is 3. The van der Waals surface area contributed by atoms with E-state index in [1.807, 2.05) is 41.3 Å². The molecular formula is C31H26ClN5O5. The van der Waals surface area contributed by atoms with Crippen LogP contribution in [0.1, 0.15) is 0 Å². The summed E-state index contributed by atoms with van der Waals surface area (Å²) in [6.45, 7) is 0.773. The summed E-state index contributed by atoms with van der Waals surface area (Å²) < 4.78 is 22.8. The Kier molecular flexibility index (Phi) is 7.52. The Labute approximate surface area is 246 Å². The van der Waals surface area contributed by atoms with Crippen molar-refractivity contribution in [2.45, 2.75) is 0 Å². The molecule has 6 rings (SSSR count). The number of anilines is 5. The molecule has 0 aliphatic carbocycles. The SMILES string of the molecule is COc1cccc(NC(=O)Nc2ccc(N(c3ccccc3)c3ncnc4cc(OC)c5c(c34)OCCO5)cc2Cl)c1. The van der Waals surface area contributed by atoms with E-state index >= 15 is 0 Å². The second-order valence-electron chi connectivity index (χ2n) is 9.17. The fraction of sp³-hybridized carbons (Fsp3) is 0.129. The zero-order valence-electron chi connectivity index (χ0n) is 22.8. The Morgan fingerprint density at radius 1 is 0.857 bits per heavy atom. The molecule has 1 aliphatic rings. The molecule has 2 amide bonds. The molecule has 1 aromatic heterocycles. The third-order valence-electron chi connectivity index (χ3n) is 6.59. The molecule has 2 N–H and O–H groups in total. The van der Waals surface area contributed by atoms with Gasteiger partial charge in [-0.25, -0.2) is 14.8 Å². The van der Waals surface area contributed by atoms with Gasteiger partial charge in [0.05, 0.1) is 35.8 Å². The van der Waals surface area contributed by atoms with E-state index < -0.39 is 6.03 Å². The fourth-order valence-electron chi connectivity index (χ4n) is 4.72. The molecule has 1 aliphatic heterocycles. The van der Waals surface area contributed by atoms with Crippen LogP contribution < -0.4 is 34.5 Å². The minimum absolute atomic E-state index is 0.330. The summed E-state index contributed by atoms with van der Waals surface area (Å²) in [4.78, 5) is 23.9. The lowest BCUT2D eigenvalue weighted by Crippen LogP contribution is -2.20. The highest BCUT2D eigenvalue weighted by Crippen LogP contribution is 2.49. The van der Waals surface area contributed by atoms with E-state index in [2.05, 4.69) is 15.6 Å². The van der Waals surface area contributed by atoms with Crippen LogP contribution in [0.3, 0.4) is 0 Å². The van der Waals surface area contributed by atoms with Crippen LogP contribution in [-0.2, 0) is 0 Å². The quantitative estimate of drug-likeness (QED) is 0.207. The van der Waals surface area contributed by atoms with Gasteiger partial charge in [-0.05, 0) is 42.5 Å². The maximum atomic E-state index is 12.7. The molecule has 5 aromatic rings. The fourth-order valence-corrected chi connectivity index (χ4v) is 4.94. The Morgan fingerprint density at radius 3 is 2.43 bits per heavy atom. The highest BCUT2D eigenvalue weighted by molar-refractivity contribution is 6.34. The van der Waals surface area contributed by atoms with Crippen molar-refractivity contribution in [3.63, 3.8) is 0 Å². The van der Waals surface area contributed by atoms with Gasteiger partial charge in [0.2, 0.25) is 5.75 Å². The Balaban J connectivity index is 1.39. The van der Waals surface area contributed by atoms with E-state index in [1.54, 1.807) is 56.7 Å². The normalized spacial score (nSPS) is 12.0. The smallest absolute Gasteiger partial charge is 0.323 e. The van der Waals surface area contributed by atoms with Crippen molar-refractivity contribution in [2.75, 3.05) is 43.0 Å².